The number of hydrogen-bond acceptors (Lipinski definition) is 3. The second-order valence-electron chi connectivity index (χ2n) is 3.19. The van der Waals surface area contributed by atoms with E-state index in [1.807, 2.05) is 30.3 Å². The molecule has 2 rings (SSSR count). The zero-order chi connectivity index (χ0) is 11.4. The van der Waals surface area contributed by atoms with E-state index in [1.54, 1.807) is 6.20 Å². The number of primary amides is 1. The predicted molar refractivity (Wildman–Crippen MR) is 62.1 cm³/mol. The van der Waals surface area contributed by atoms with Crippen molar-refractivity contribution in [1.82, 2.24) is 10.4 Å². The Morgan fingerprint density at radius 2 is 2.31 bits per heavy atom. The molecule has 0 fully saturated rings. The van der Waals surface area contributed by atoms with Crippen LogP contribution in [0.4, 0.5) is 4.79 Å². The molecule has 5 heteroatoms. The minimum absolute atomic E-state index is 0.682. The van der Waals surface area contributed by atoms with Gasteiger partial charge < -0.3 is 5.73 Å². The van der Waals surface area contributed by atoms with E-state index in [4.69, 9.17) is 5.73 Å². The first-order valence-electron chi connectivity index (χ1n) is 4.69. The van der Waals surface area contributed by atoms with E-state index in [0.29, 0.717) is 0 Å². The fourth-order valence-electron chi connectivity index (χ4n) is 1.34. The summed E-state index contributed by atoms with van der Waals surface area (Å²) >= 11 is 0. The first kappa shape index (κ1) is 10.1. The zero-order valence-electron chi connectivity index (χ0n) is 8.42. The molecule has 0 spiro atoms. The number of nitrogens with two attached hydrogens (primary N) is 1. The summed E-state index contributed by atoms with van der Waals surface area (Å²) < 4.78 is 0. The number of hydrogen-bond donors (Lipinski definition) is 2. The van der Waals surface area contributed by atoms with Gasteiger partial charge in [-0.15, -0.1) is 0 Å². The van der Waals surface area contributed by atoms with Gasteiger partial charge in [-0.05, 0) is 23.8 Å². The van der Waals surface area contributed by atoms with Gasteiger partial charge in [-0.25, -0.2) is 10.2 Å². The first-order chi connectivity index (χ1) is 7.75. The number of carbonyl (C=O) groups is 1. The highest BCUT2D eigenvalue weighted by atomic mass is 16.2. The van der Waals surface area contributed by atoms with Crippen LogP contribution in [0.2, 0.25) is 0 Å². The molecule has 0 saturated heterocycles. The molecule has 0 unspecified atom stereocenters. The quantitative estimate of drug-likeness (QED) is 0.582. The highest BCUT2D eigenvalue weighted by molar-refractivity contribution is 5.88. The molecule has 16 heavy (non-hydrogen) atoms. The fraction of sp³-hybridized carbons (Fsp3) is 0. The number of pyridine rings is 1. The number of carbonyl (C=O) groups excluding carboxylic acids is 1. The summed E-state index contributed by atoms with van der Waals surface area (Å²) in [6, 6.07) is 8.82. The maximum absolute atomic E-state index is 10.4. The number of nitrogens with zero attached hydrogens (tertiary/aromatic N) is 2. The van der Waals surface area contributed by atoms with Gasteiger partial charge in [0.15, 0.2) is 0 Å². The molecule has 80 valence electrons. The molecule has 0 atom stereocenters. The van der Waals surface area contributed by atoms with E-state index in [2.05, 4.69) is 15.5 Å². The number of amides is 2. The third-order valence-corrected chi connectivity index (χ3v) is 2.02. The standard InChI is InChI=1S/C11H10N4O/c12-11(16)15-14-7-8-3-4-10-9(6-8)2-1-5-13-10/h1-7H,(H3,12,15,16). The second kappa shape index (κ2) is 4.39. The Kier molecular flexibility index (Phi) is 2.77. The van der Waals surface area contributed by atoms with Crippen LogP contribution in [0, 0.1) is 0 Å². The molecule has 0 aliphatic heterocycles. The van der Waals surface area contributed by atoms with Gasteiger partial charge >= 0.3 is 6.03 Å². The van der Waals surface area contributed by atoms with E-state index in [9.17, 15) is 4.79 Å². The second-order valence-corrected chi connectivity index (χ2v) is 3.19. The molecule has 0 radical (unpaired) electrons. The Bertz CT molecular complexity index is 550. The van der Waals surface area contributed by atoms with Crippen LogP contribution < -0.4 is 11.2 Å². The average Bonchev–Trinajstić information content (AvgIpc) is 2.28. The maximum Gasteiger partial charge on any atom is 0.332 e. The first-order valence-corrected chi connectivity index (χ1v) is 4.69. The summed E-state index contributed by atoms with van der Waals surface area (Å²) in [7, 11) is 0. The van der Waals surface area contributed by atoms with Gasteiger partial charge in [-0.2, -0.15) is 5.10 Å². The van der Waals surface area contributed by atoms with Crippen molar-refractivity contribution in [3.8, 4) is 0 Å². The highest BCUT2D eigenvalue weighted by Crippen LogP contribution is 2.11. The van der Waals surface area contributed by atoms with Crippen LogP contribution in [0.1, 0.15) is 5.56 Å². The van der Waals surface area contributed by atoms with Crippen LogP contribution in [-0.4, -0.2) is 17.2 Å². The van der Waals surface area contributed by atoms with E-state index in [1.165, 1.54) is 6.21 Å². The molecule has 1 aromatic heterocycles. The molecule has 1 heterocycles. The van der Waals surface area contributed by atoms with Gasteiger partial charge in [0, 0.05) is 11.6 Å². The van der Waals surface area contributed by atoms with Gasteiger partial charge in [-0.3, -0.25) is 4.98 Å². The summed E-state index contributed by atoms with van der Waals surface area (Å²) in [5.41, 5.74) is 8.80. The molecule has 0 aliphatic carbocycles. The number of fused-ring (bicyclic) bond motifs is 1. The third-order valence-electron chi connectivity index (χ3n) is 2.02. The number of aromatic nitrogens is 1. The SMILES string of the molecule is NC(=O)NN=Cc1ccc2ncccc2c1. The molecule has 0 saturated carbocycles. The van der Waals surface area contributed by atoms with Gasteiger partial charge in [0.1, 0.15) is 0 Å². The summed E-state index contributed by atoms with van der Waals surface area (Å²) in [5, 5.41) is 4.70. The molecule has 2 amide bonds. The number of urea groups is 1. The van der Waals surface area contributed by atoms with Crippen molar-refractivity contribution in [3.05, 3.63) is 42.1 Å². The Morgan fingerprint density at radius 3 is 3.12 bits per heavy atom. The number of hydrazone groups is 1. The zero-order valence-corrected chi connectivity index (χ0v) is 8.42. The normalized spacial score (nSPS) is 10.8. The Balaban J connectivity index is 2.26. The maximum atomic E-state index is 10.4. The van der Waals surface area contributed by atoms with E-state index >= 15 is 0 Å². The molecular formula is C11H10N4O. The molecule has 3 N–H and O–H groups in total. The number of benzene rings is 1. The van der Waals surface area contributed by atoms with Crippen LogP contribution in [0.15, 0.2) is 41.6 Å². The lowest BCUT2D eigenvalue weighted by atomic mass is 10.1. The van der Waals surface area contributed by atoms with Crippen LogP contribution >= 0.6 is 0 Å². The predicted octanol–water partition coefficient (Wildman–Crippen LogP) is 1.24. The summed E-state index contributed by atoms with van der Waals surface area (Å²) in [5.74, 6) is 0. The Hall–Kier alpha value is -2.43. The molecule has 2 aromatic rings. The minimum Gasteiger partial charge on any atom is -0.350 e. The molecule has 0 bridgehead atoms. The molecule has 0 aliphatic rings. The lowest BCUT2D eigenvalue weighted by Crippen LogP contribution is -2.24. The van der Waals surface area contributed by atoms with E-state index in [0.717, 1.165) is 16.5 Å². The topological polar surface area (TPSA) is 80.4 Å². The van der Waals surface area contributed by atoms with Crippen molar-refractivity contribution in [1.29, 1.82) is 0 Å². The van der Waals surface area contributed by atoms with Crippen LogP contribution in [0.25, 0.3) is 10.9 Å². The highest BCUT2D eigenvalue weighted by Gasteiger charge is 1.94. The summed E-state index contributed by atoms with van der Waals surface area (Å²) in [6.45, 7) is 0. The summed E-state index contributed by atoms with van der Waals surface area (Å²) in [6.07, 6.45) is 3.27. The van der Waals surface area contributed by atoms with Crippen LogP contribution in [0.3, 0.4) is 0 Å². The van der Waals surface area contributed by atoms with E-state index < -0.39 is 6.03 Å². The minimum atomic E-state index is -0.682. The molecular weight excluding hydrogens is 204 g/mol. The van der Waals surface area contributed by atoms with Crippen molar-refractivity contribution >= 4 is 23.1 Å². The van der Waals surface area contributed by atoms with Crippen molar-refractivity contribution in [2.45, 2.75) is 0 Å². The Morgan fingerprint density at radius 1 is 1.44 bits per heavy atom. The monoisotopic (exact) mass is 214 g/mol. The Labute approximate surface area is 92.0 Å². The van der Waals surface area contributed by atoms with Gasteiger partial charge in [0.05, 0.1) is 11.7 Å². The number of nitrogens with one attached hydrogen (secondary N) is 1. The molecule has 5 nitrogen and oxygen atoms in total. The van der Waals surface area contributed by atoms with E-state index in [-0.39, 0.29) is 0 Å². The van der Waals surface area contributed by atoms with Gasteiger partial charge in [0.2, 0.25) is 0 Å². The van der Waals surface area contributed by atoms with Crippen molar-refractivity contribution in [2.24, 2.45) is 10.8 Å². The lowest BCUT2D eigenvalue weighted by molar-refractivity contribution is 0.249. The van der Waals surface area contributed by atoms with Crippen molar-refractivity contribution in [3.63, 3.8) is 0 Å². The van der Waals surface area contributed by atoms with Gasteiger partial charge in [0.25, 0.3) is 0 Å². The third kappa shape index (κ3) is 2.33. The largest absolute Gasteiger partial charge is 0.350 e. The summed E-state index contributed by atoms with van der Waals surface area (Å²) in [4.78, 5) is 14.6. The van der Waals surface area contributed by atoms with Crippen molar-refractivity contribution in [2.75, 3.05) is 0 Å². The smallest absolute Gasteiger partial charge is 0.332 e. The fourth-order valence-corrected chi connectivity index (χ4v) is 1.34. The molecule has 1 aromatic carbocycles. The van der Waals surface area contributed by atoms with Gasteiger partial charge in [-0.1, -0.05) is 12.1 Å². The number of rotatable bonds is 2. The van der Waals surface area contributed by atoms with Crippen molar-refractivity contribution < 1.29 is 4.79 Å². The van der Waals surface area contributed by atoms with Crippen LogP contribution in [-0.2, 0) is 0 Å². The van der Waals surface area contributed by atoms with Crippen LogP contribution in [0.5, 0.6) is 0 Å². The average molecular weight is 214 g/mol. The lowest BCUT2D eigenvalue weighted by Gasteiger charge is -1.97.